The van der Waals surface area contributed by atoms with E-state index in [-0.39, 0.29) is 16.2 Å². The van der Waals surface area contributed by atoms with Gasteiger partial charge in [0.2, 0.25) is 0 Å². The van der Waals surface area contributed by atoms with Gasteiger partial charge in [-0.2, -0.15) is 0 Å². The average molecular weight is 441 g/mol. The van der Waals surface area contributed by atoms with Crippen LogP contribution in [0, 0.1) is 4.78 Å². The molecule has 1 heterocycles. The van der Waals surface area contributed by atoms with Gasteiger partial charge in [0.25, 0.3) is 0 Å². The molecule has 3 aromatic rings. The van der Waals surface area contributed by atoms with Gasteiger partial charge in [0.1, 0.15) is 10.6 Å². The molecular weight excluding hydrogens is 416 g/mol. The number of carboxylic acid groups (broad SMARTS) is 1. The van der Waals surface area contributed by atoms with Crippen LogP contribution in [-0.4, -0.2) is 26.8 Å². The summed E-state index contributed by atoms with van der Waals surface area (Å²) in [7, 11) is -3.69. The quantitative estimate of drug-likeness (QED) is 0.321. The largest absolute Gasteiger partial charge is 0.478 e. The molecule has 0 spiro atoms. The zero-order valence-corrected chi connectivity index (χ0v) is 17.8. The van der Waals surface area contributed by atoms with Crippen molar-refractivity contribution in [3.63, 3.8) is 0 Å². The molecule has 1 unspecified atom stereocenters. The van der Waals surface area contributed by atoms with Crippen molar-refractivity contribution in [2.45, 2.75) is 24.7 Å². The Hall–Kier alpha value is -3.59. The van der Waals surface area contributed by atoms with Crippen molar-refractivity contribution in [3.8, 4) is 11.5 Å². The van der Waals surface area contributed by atoms with Crippen molar-refractivity contribution in [1.82, 2.24) is 4.98 Å². The average Bonchev–Trinajstić information content (AvgIpc) is 2.75. The summed E-state index contributed by atoms with van der Waals surface area (Å²) < 4.78 is 30.7. The first-order valence-corrected chi connectivity index (χ1v) is 11.3. The summed E-state index contributed by atoms with van der Waals surface area (Å²) >= 11 is 0. The fourth-order valence-corrected chi connectivity index (χ4v) is 4.09. The highest BCUT2D eigenvalue weighted by Gasteiger charge is 2.24. The smallest absolute Gasteiger partial charge is 0.335 e. The fourth-order valence-electron chi connectivity index (χ4n) is 2.83. The highest BCUT2D eigenvalue weighted by atomic mass is 32.2. The number of aromatic carboxylic acids is 1. The normalized spacial score (nSPS) is 12.5. The van der Waals surface area contributed by atoms with Crippen LogP contribution < -0.4 is 14.8 Å². The number of carbonyl (C=O) groups is 1. The van der Waals surface area contributed by atoms with E-state index in [1.165, 1.54) is 18.3 Å². The molecule has 9 heteroatoms. The molecule has 0 fully saturated rings. The molecule has 3 rings (SSSR count). The second-order valence-electron chi connectivity index (χ2n) is 6.75. The summed E-state index contributed by atoms with van der Waals surface area (Å²) in [4.78, 5) is 15.6. The number of aromatic nitrogens is 1. The maximum Gasteiger partial charge on any atom is 0.335 e. The van der Waals surface area contributed by atoms with Gasteiger partial charge in [-0.3, -0.25) is 9.71 Å². The maximum absolute atomic E-state index is 13.5. The maximum atomic E-state index is 13.5. The van der Waals surface area contributed by atoms with Gasteiger partial charge in [-0.15, -0.1) is 0 Å². The lowest BCUT2D eigenvalue weighted by Gasteiger charge is -2.20. The van der Waals surface area contributed by atoms with Crippen LogP contribution >= 0.6 is 0 Å². The number of ether oxygens (including phenoxy) is 1. The molecular formula is C22H24N4O4S. The highest BCUT2D eigenvalue weighted by Crippen LogP contribution is 2.38. The third kappa shape index (κ3) is 5.73. The first kappa shape index (κ1) is 22.1. The van der Waals surface area contributed by atoms with Crippen molar-refractivity contribution in [3.05, 3.63) is 72.6 Å². The number of nitrogens with zero attached hydrogens (tertiary/aromatic N) is 1. The van der Waals surface area contributed by atoms with E-state index in [0.29, 0.717) is 23.7 Å². The summed E-state index contributed by atoms with van der Waals surface area (Å²) in [5.74, 6) is -0.576. The fraction of sp³-hybridized carbons (Fsp3) is 0.182. The molecule has 0 aliphatic rings. The zero-order valence-electron chi connectivity index (χ0n) is 17.0. The van der Waals surface area contributed by atoms with Gasteiger partial charge in [-0.25, -0.2) is 13.8 Å². The number of nitrogens with one attached hydrogen (secondary N) is 3. The molecule has 1 aromatic heterocycles. The van der Waals surface area contributed by atoms with Crippen LogP contribution in [0.1, 0.15) is 30.1 Å². The monoisotopic (exact) mass is 440 g/mol. The number of unbranched alkanes of at least 4 members (excludes halogenated alkanes) is 1. The van der Waals surface area contributed by atoms with Crippen LogP contribution in [0.3, 0.4) is 0 Å². The van der Waals surface area contributed by atoms with Crippen molar-refractivity contribution in [2.24, 2.45) is 0 Å². The van der Waals surface area contributed by atoms with E-state index in [4.69, 9.17) is 9.52 Å². The van der Waals surface area contributed by atoms with Gasteiger partial charge in [0.15, 0.2) is 15.7 Å². The summed E-state index contributed by atoms with van der Waals surface area (Å²) in [5.41, 5.74) is 0.636. The Morgan fingerprint density at radius 3 is 2.61 bits per heavy atom. The Kier molecular flexibility index (Phi) is 7.09. The lowest BCUT2D eigenvalue weighted by Crippen LogP contribution is -2.15. The minimum Gasteiger partial charge on any atom is -0.478 e. The number of benzene rings is 2. The zero-order chi connectivity index (χ0) is 22.3. The number of hydrogen-bond donors (Lipinski definition) is 4. The molecule has 0 aliphatic carbocycles. The number of pyridine rings is 1. The van der Waals surface area contributed by atoms with Crippen LogP contribution in [0.25, 0.3) is 0 Å². The predicted octanol–water partition coefficient (Wildman–Crippen LogP) is 5.22. The van der Waals surface area contributed by atoms with Crippen LogP contribution in [0.15, 0.2) is 71.9 Å². The molecule has 0 radical (unpaired) electrons. The molecule has 4 N–H and O–H groups in total. The summed E-state index contributed by atoms with van der Waals surface area (Å²) in [6.45, 7) is 2.61. The van der Waals surface area contributed by atoms with Gasteiger partial charge in [-0.05, 0) is 42.8 Å². The number of rotatable bonds is 10. The van der Waals surface area contributed by atoms with Gasteiger partial charge >= 0.3 is 5.97 Å². The van der Waals surface area contributed by atoms with Gasteiger partial charge in [0, 0.05) is 12.7 Å². The van der Waals surface area contributed by atoms with E-state index in [2.05, 4.69) is 15.0 Å². The summed E-state index contributed by atoms with van der Waals surface area (Å²) in [6, 6.07) is 14.8. The molecule has 0 amide bonds. The first-order valence-electron chi connectivity index (χ1n) is 9.75. The van der Waals surface area contributed by atoms with Crippen molar-refractivity contribution >= 4 is 27.3 Å². The molecule has 2 aromatic carbocycles. The first-order chi connectivity index (χ1) is 14.9. The molecule has 1 atom stereocenters. The Labute approximate surface area is 181 Å². The number of para-hydroxylation sites is 1. The standard InChI is InChI=1S/C22H24N4O4S/c1-2-3-12-25-19-13-16(22(27)28)14-20(21(19)30-18-9-5-4-6-10-18)31(23,29)26-17-8-7-11-24-15-17/h4-11,13-15,25H,2-3,12H2,1H3,(H,27,28)(H2,23,26,29). The number of anilines is 2. The summed E-state index contributed by atoms with van der Waals surface area (Å²) in [6.07, 6.45) is 4.78. The third-order valence-corrected chi connectivity index (χ3v) is 5.79. The van der Waals surface area contributed by atoms with Crippen molar-refractivity contribution in [1.29, 1.82) is 4.78 Å². The van der Waals surface area contributed by atoms with E-state index in [9.17, 15) is 14.1 Å². The van der Waals surface area contributed by atoms with E-state index in [1.54, 1.807) is 42.6 Å². The Morgan fingerprint density at radius 2 is 1.97 bits per heavy atom. The SMILES string of the molecule is CCCCNc1cc(C(=O)O)cc(S(=N)(=O)Nc2cccnc2)c1Oc1ccccc1. The predicted molar refractivity (Wildman–Crippen MR) is 120 cm³/mol. The van der Waals surface area contributed by atoms with Gasteiger partial charge in [-0.1, -0.05) is 31.5 Å². The van der Waals surface area contributed by atoms with Crippen LogP contribution in [0.4, 0.5) is 11.4 Å². The second-order valence-corrected chi connectivity index (χ2v) is 8.51. The van der Waals surface area contributed by atoms with E-state index in [1.807, 2.05) is 13.0 Å². The number of carboxylic acids is 1. The van der Waals surface area contributed by atoms with Crippen LogP contribution in [0.2, 0.25) is 0 Å². The second kappa shape index (κ2) is 9.94. The Morgan fingerprint density at radius 1 is 1.19 bits per heavy atom. The van der Waals surface area contributed by atoms with Crippen LogP contribution in [-0.2, 0) is 9.92 Å². The van der Waals surface area contributed by atoms with E-state index >= 15 is 0 Å². The van der Waals surface area contributed by atoms with Gasteiger partial charge in [0.05, 0.1) is 23.1 Å². The lowest BCUT2D eigenvalue weighted by atomic mass is 10.1. The molecule has 0 saturated carbocycles. The highest BCUT2D eigenvalue weighted by molar-refractivity contribution is 7.93. The molecule has 162 valence electrons. The molecule has 31 heavy (non-hydrogen) atoms. The minimum absolute atomic E-state index is 0.0703. The lowest BCUT2D eigenvalue weighted by molar-refractivity contribution is 0.0696. The summed E-state index contributed by atoms with van der Waals surface area (Å²) in [5, 5.41) is 12.8. The number of hydrogen-bond acceptors (Lipinski definition) is 6. The van der Waals surface area contributed by atoms with Crippen molar-refractivity contribution < 1.29 is 18.8 Å². The van der Waals surface area contributed by atoms with Gasteiger partial charge < -0.3 is 15.2 Å². The third-order valence-electron chi connectivity index (χ3n) is 4.34. The molecule has 0 bridgehead atoms. The topological polar surface area (TPSA) is 124 Å². The Balaban J connectivity index is 2.14. The molecule has 0 aliphatic heterocycles. The molecule has 8 nitrogen and oxygen atoms in total. The van der Waals surface area contributed by atoms with Crippen LogP contribution in [0.5, 0.6) is 11.5 Å². The van der Waals surface area contributed by atoms with E-state index < -0.39 is 15.9 Å². The Bertz CT molecular complexity index is 1140. The van der Waals surface area contributed by atoms with E-state index in [0.717, 1.165) is 12.8 Å². The minimum atomic E-state index is -3.69. The molecule has 0 saturated heterocycles. The van der Waals surface area contributed by atoms with Crippen molar-refractivity contribution in [2.75, 3.05) is 16.6 Å².